The molecule has 1 saturated carbocycles. The van der Waals surface area contributed by atoms with E-state index in [-0.39, 0.29) is 0 Å². The zero-order chi connectivity index (χ0) is 11.6. The maximum Gasteiger partial charge on any atom is 0.0619 e. The SMILES string of the molecule is CCCNC(CC)COCC1CCCCC1. The standard InChI is InChI=1S/C14H29NO/c1-3-10-15-14(4-2)12-16-11-13-8-6-5-7-9-13/h13-15H,3-12H2,1-2H3. The Morgan fingerprint density at radius 2 is 1.94 bits per heavy atom. The van der Waals surface area contributed by atoms with Crippen LogP contribution in [0.15, 0.2) is 0 Å². The number of nitrogens with one attached hydrogen (secondary N) is 1. The molecule has 16 heavy (non-hydrogen) atoms. The minimum Gasteiger partial charge on any atom is -0.380 e. The first-order chi connectivity index (χ1) is 7.86. The lowest BCUT2D eigenvalue weighted by Crippen LogP contribution is -2.34. The van der Waals surface area contributed by atoms with E-state index in [4.69, 9.17) is 4.74 Å². The minimum absolute atomic E-state index is 0.559. The average molecular weight is 227 g/mol. The van der Waals surface area contributed by atoms with E-state index in [1.54, 1.807) is 0 Å². The predicted octanol–water partition coefficient (Wildman–Crippen LogP) is 3.36. The molecule has 2 nitrogen and oxygen atoms in total. The van der Waals surface area contributed by atoms with E-state index in [2.05, 4.69) is 19.2 Å². The molecule has 0 saturated heterocycles. The van der Waals surface area contributed by atoms with Gasteiger partial charge in [-0.25, -0.2) is 0 Å². The fourth-order valence-corrected chi connectivity index (χ4v) is 2.40. The molecule has 1 rings (SSSR count). The molecular weight excluding hydrogens is 198 g/mol. The normalized spacial score (nSPS) is 19.9. The molecule has 0 aromatic rings. The summed E-state index contributed by atoms with van der Waals surface area (Å²) in [5, 5.41) is 3.53. The largest absolute Gasteiger partial charge is 0.380 e. The van der Waals surface area contributed by atoms with Crippen molar-refractivity contribution < 1.29 is 4.74 Å². The van der Waals surface area contributed by atoms with Gasteiger partial charge in [0, 0.05) is 12.6 Å². The molecule has 0 heterocycles. The highest BCUT2D eigenvalue weighted by Gasteiger charge is 2.14. The van der Waals surface area contributed by atoms with Crippen molar-refractivity contribution >= 4 is 0 Å². The van der Waals surface area contributed by atoms with Crippen LogP contribution in [0.1, 0.15) is 58.8 Å². The lowest BCUT2D eigenvalue weighted by Gasteiger charge is -2.23. The molecule has 1 N–H and O–H groups in total. The van der Waals surface area contributed by atoms with Gasteiger partial charge in [0.2, 0.25) is 0 Å². The Hall–Kier alpha value is -0.0800. The summed E-state index contributed by atoms with van der Waals surface area (Å²) in [6.07, 6.45) is 9.42. The average Bonchev–Trinajstić information content (AvgIpc) is 2.35. The first-order valence-corrected chi connectivity index (χ1v) is 7.18. The van der Waals surface area contributed by atoms with E-state index in [0.29, 0.717) is 6.04 Å². The monoisotopic (exact) mass is 227 g/mol. The summed E-state index contributed by atoms with van der Waals surface area (Å²) < 4.78 is 5.86. The topological polar surface area (TPSA) is 21.3 Å². The number of ether oxygens (including phenoxy) is 1. The number of rotatable bonds is 8. The Bertz CT molecular complexity index is 155. The van der Waals surface area contributed by atoms with Gasteiger partial charge in [0.25, 0.3) is 0 Å². The van der Waals surface area contributed by atoms with Gasteiger partial charge in [-0.15, -0.1) is 0 Å². The second kappa shape index (κ2) is 9.00. The van der Waals surface area contributed by atoms with Crippen LogP contribution in [0.2, 0.25) is 0 Å². The Kier molecular flexibility index (Phi) is 7.87. The summed E-state index contributed by atoms with van der Waals surface area (Å²) in [5.41, 5.74) is 0. The van der Waals surface area contributed by atoms with E-state index in [9.17, 15) is 0 Å². The highest BCUT2D eigenvalue weighted by molar-refractivity contribution is 4.67. The van der Waals surface area contributed by atoms with Crippen molar-refractivity contribution in [3.05, 3.63) is 0 Å². The van der Waals surface area contributed by atoms with Gasteiger partial charge < -0.3 is 10.1 Å². The van der Waals surface area contributed by atoms with Crippen LogP contribution in [-0.2, 0) is 4.74 Å². The molecule has 0 bridgehead atoms. The molecule has 1 aliphatic carbocycles. The molecule has 1 atom stereocenters. The maximum atomic E-state index is 5.86. The van der Waals surface area contributed by atoms with Gasteiger partial charge in [0.05, 0.1) is 6.61 Å². The molecule has 0 spiro atoms. The van der Waals surface area contributed by atoms with Crippen LogP contribution in [-0.4, -0.2) is 25.8 Å². The van der Waals surface area contributed by atoms with Gasteiger partial charge in [-0.3, -0.25) is 0 Å². The van der Waals surface area contributed by atoms with Crippen LogP contribution in [0.3, 0.4) is 0 Å². The van der Waals surface area contributed by atoms with Crippen molar-refractivity contribution in [2.75, 3.05) is 19.8 Å². The fraction of sp³-hybridized carbons (Fsp3) is 1.00. The summed E-state index contributed by atoms with van der Waals surface area (Å²) in [5.74, 6) is 0.845. The third kappa shape index (κ3) is 5.86. The Morgan fingerprint density at radius 1 is 1.19 bits per heavy atom. The van der Waals surface area contributed by atoms with Crippen molar-refractivity contribution in [1.82, 2.24) is 5.32 Å². The third-order valence-corrected chi connectivity index (χ3v) is 3.57. The minimum atomic E-state index is 0.559. The van der Waals surface area contributed by atoms with Crippen LogP contribution < -0.4 is 5.32 Å². The highest BCUT2D eigenvalue weighted by atomic mass is 16.5. The molecule has 0 aromatic heterocycles. The van der Waals surface area contributed by atoms with E-state index >= 15 is 0 Å². The van der Waals surface area contributed by atoms with Gasteiger partial charge in [-0.1, -0.05) is 33.1 Å². The third-order valence-electron chi connectivity index (χ3n) is 3.57. The summed E-state index contributed by atoms with van der Waals surface area (Å²) in [7, 11) is 0. The molecular formula is C14H29NO. The molecule has 0 aromatic carbocycles. The second-order valence-corrected chi connectivity index (χ2v) is 5.10. The van der Waals surface area contributed by atoms with Crippen molar-refractivity contribution in [2.24, 2.45) is 5.92 Å². The number of hydrogen-bond donors (Lipinski definition) is 1. The van der Waals surface area contributed by atoms with Gasteiger partial charge in [0.1, 0.15) is 0 Å². The maximum absolute atomic E-state index is 5.86. The highest BCUT2D eigenvalue weighted by Crippen LogP contribution is 2.23. The first kappa shape index (κ1) is 14.0. The van der Waals surface area contributed by atoms with Gasteiger partial charge in [-0.05, 0) is 38.1 Å². The second-order valence-electron chi connectivity index (χ2n) is 5.10. The van der Waals surface area contributed by atoms with Crippen LogP contribution in [0.5, 0.6) is 0 Å². The zero-order valence-electron chi connectivity index (χ0n) is 11.1. The Labute approximate surface area is 101 Å². The smallest absolute Gasteiger partial charge is 0.0619 e. The summed E-state index contributed by atoms with van der Waals surface area (Å²) >= 11 is 0. The molecule has 0 amide bonds. The molecule has 1 aliphatic rings. The number of hydrogen-bond acceptors (Lipinski definition) is 2. The zero-order valence-corrected chi connectivity index (χ0v) is 11.1. The van der Waals surface area contributed by atoms with Crippen LogP contribution in [0.25, 0.3) is 0 Å². The summed E-state index contributed by atoms with van der Waals surface area (Å²) in [6, 6.07) is 0.559. The Morgan fingerprint density at radius 3 is 2.56 bits per heavy atom. The van der Waals surface area contributed by atoms with Gasteiger partial charge in [-0.2, -0.15) is 0 Å². The molecule has 96 valence electrons. The van der Waals surface area contributed by atoms with E-state index in [1.807, 2.05) is 0 Å². The summed E-state index contributed by atoms with van der Waals surface area (Å²) in [4.78, 5) is 0. The van der Waals surface area contributed by atoms with Crippen molar-refractivity contribution in [3.63, 3.8) is 0 Å². The van der Waals surface area contributed by atoms with Crippen molar-refractivity contribution in [2.45, 2.75) is 64.8 Å². The Balaban J connectivity index is 2.02. The molecule has 1 fully saturated rings. The quantitative estimate of drug-likeness (QED) is 0.686. The van der Waals surface area contributed by atoms with E-state index in [0.717, 1.165) is 25.7 Å². The van der Waals surface area contributed by atoms with Gasteiger partial charge >= 0.3 is 0 Å². The van der Waals surface area contributed by atoms with Crippen LogP contribution in [0, 0.1) is 5.92 Å². The fourth-order valence-electron chi connectivity index (χ4n) is 2.40. The van der Waals surface area contributed by atoms with Crippen LogP contribution in [0.4, 0.5) is 0 Å². The van der Waals surface area contributed by atoms with Crippen LogP contribution >= 0.6 is 0 Å². The van der Waals surface area contributed by atoms with Crippen molar-refractivity contribution in [1.29, 1.82) is 0 Å². The molecule has 2 heteroatoms. The van der Waals surface area contributed by atoms with Gasteiger partial charge in [0.15, 0.2) is 0 Å². The molecule has 1 unspecified atom stereocenters. The summed E-state index contributed by atoms with van der Waals surface area (Å²) in [6.45, 7) is 7.45. The lowest BCUT2D eigenvalue weighted by atomic mass is 9.90. The predicted molar refractivity (Wildman–Crippen MR) is 69.8 cm³/mol. The van der Waals surface area contributed by atoms with E-state index < -0.39 is 0 Å². The molecule has 0 aliphatic heterocycles. The first-order valence-electron chi connectivity index (χ1n) is 7.18. The van der Waals surface area contributed by atoms with E-state index in [1.165, 1.54) is 44.9 Å². The lowest BCUT2D eigenvalue weighted by molar-refractivity contribution is 0.0687. The van der Waals surface area contributed by atoms with Crippen molar-refractivity contribution in [3.8, 4) is 0 Å². The molecule has 0 radical (unpaired) electrons.